The molecule has 2 aromatic rings. The Kier molecular flexibility index (Phi) is 4.27. The quantitative estimate of drug-likeness (QED) is 0.901. The van der Waals surface area contributed by atoms with Crippen LogP contribution in [0, 0.1) is 11.6 Å². The monoisotopic (exact) mass is 266 g/mol. The number of nitrogens with zero attached hydrogens (tertiary/aromatic N) is 2. The van der Waals surface area contributed by atoms with Gasteiger partial charge in [-0.1, -0.05) is 6.07 Å². The minimum absolute atomic E-state index is 0.184. The van der Waals surface area contributed by atoms with Gasteiger partial charge in [-0.15, -0.1) is 0 Å². The summed E-state index contributed by atoms with van der Waals surface area (Å²) >= 11 is 0. The summed E-state index contributed by atoms with van der Waals surface area (Å²) in [5.41, 5.74) is 1.34. The second-order valence-electron chi connectivity index (χ2n) is 4.58. The normalized spacial score (nSPS) is 12.6. The van der Waals surface area contributed by atoms with Crippen LogP contribution in [0.5, 0.6) is 0 Å². The average molecular weight is 266 g/mol. The Hall–Kier alpha value is -1.75. The molecule has 0 bridgehead atoms. The zero-order valence-electron chi connectivity index (χ0n) is 10.7. The van der Waals surface area contributed by atoms with Crippen molar-refractivity contribution in [1.29, 1.82) is 0 Å². The molecule has 0 aliphatic carbocycles. The number of aryl methyl sites for hydroxylation is 2. The molecule has 0 radical (unpaired) electrons. The van der Waals surface area contributed by atoms with E-state index in [1.54, 1.807) is 10.9 Å². The predicted molar refractivity (Wildman–Crippen MR) is 67.6 cm³/mol. The number of benzene rings is 1. The summed E-state index contributed by atoms with van der Waals surface area (Å²) in [7, 11) is 1.83. The topological polar surface area (TPSA) is 38.0 Å². The third-order valence-corrected chi connectivity index (χ3v) is 3.13. The van der Waals surface area contributed by atoms with Gasteiger partial charge in [0.15, 0.2) is 0 Å². The van der Waals surface area contributed by atoms with Gasteiger partial charge in [0.2, 0.25) is 0 Å². The highest BCUT2D eigenvalue weighted by Gasteiger charge is 2.11. The Morgan fingerprint density at radius 2 is 2.11 bits per heavy atom. The van der Waals surface area contributed by atoms with E-state index in [0.717, 1.165) is 11.8 Å². The number of hydrogen-bond acceptors (Lipinski definition) is 2. The lowest BCUT2D eigenvalue weighted by atomic mass is 10.0. The molecule has 1 aromatic carbocycles. The van der Waals surface area contributed by atoms with Gasteiger partial charge in [0.25, 0.3) is 0 Å². The molecule has 0 aliphatic heterocycles. The van der Waals surface area contributed by atoms with Gasteiger partial charge < -0.3 is 5.11 Å². The maximum absolute atomic E-state index is 13.4. The van der Waals surface area contributed by atoms with Crippen molar-refractivity contribution in [2.45, 2.75) is 25.4 Å². The zero-order chi connectivity index (χ0) is 13.8. The molecule has 1 aromatic heterocycles. The van der Waals surface area contributed by atoms with Crippen molar-refractivity contribution in [2.24, 2.45) is 7.05 Å². The van der Waals surface area contributed by atoms with Crippen LogP contribution in [-0.4, -0.2) is 21.0 Å². The van der Waals surface area contributed by atoms with Crippen molar-refractivity contribution >= 4 is 0 Å². The van der Waals surface area contributed by atoms with Crippen molar-refractivity contribution in [3.8, 4) is 0 Å². The molecule has 1 atom stereocenters. The first kappa shape index (κ1) is 13.7. The van der Waals surface area contributed by atoms with Gasteiger partial charge in [-0.3, -0.25) is 4.68 Å². The molecular weight excluding hydrogens is 250 g/mol. The lowest BCUT2D eigenvalue weighted by molar-refractivity contribution is 0.163. The van der Waals surface area contributed by atoms with Crippen LogP contribution in [0.1, 0.15) is 17.7 Å². The Morgan fingerprint density at radius 1 is 1.32 bits per heavy atom. The van der Waals surface area contributed by atoms with Gasteiger partial charge in [0.05, 0.1) is 6.10 Å². The summed E-state index contributed by atoms with van der Waals surface area (Å²) in [6, 6.07) is 5.29. The molecule has 5 heteroatoms. The number of aliphatic hydroxyl groups is 1. The highest BCUT2D eigenvalue weighted by molar-refractivity contribution is 5.19. The number of aromatic nitrogens is 2. The van der Waals surface area contributed by atoms with Crippen LogP contribution in [0.3, 0.4) is 0 Å². The highest BCUT2D eigenvalue weighted by atomic mass is 19.1. The minimum atomic E-state index is -0.658. The Morgan fingerprint density at radius 3 is 2.74 bits per heavy atom. The molecule has 0 saturated carbocycles. The second-order valence-corrected chi connectivity index (χ2v) is 4.58. The molecule has 2 rings (SSSR count). The molecule has 3 nitrogen and oxygen atoms in total. The summed E-state index contributed by atoms with van der Waals surface area (Å²) in [5, 5.41) is 13.9. The number of rotatable bonds is 5. The molecule has 1 heterocycles. The number of aliphatic hydroxyl groups excluding tert-OH is 1. The maximum Gasteiger partial charge on any atom is 0.129 e. The van der Waals surface area contributed by atoms with Crippen LogP contribution in [0.25, 0.3) is 0 Å². The van der Waals surface area contributed by atoms with Gasteiger partial charge in [-0.25, -0.2) is 8.78 Å². The van der Waals surface area contributed by atoms with Crippen LogP contribution in [0.4, 0.5) is 8.78 Å². The fraction of sp³-hybridized carbons (Fsp3) is 0.357. The first-order valence-corrected chi connectivity index (χ1v) is 6.15. The summed E-state index contributed by atoms with van der Waals surface area (Å²) in [4.78, 5) is 0. The van der Waals surface area contributed by atoms with Crippen LogP contribution >= 0.6 is 0 Å². The van der Waals surface area contributed by atoms with Crippen molar-refractivity contribution < 1.29 is 13.9 Å². The largest absolute Gasteiger partial charge is 0.393 e. The average Bonchev–Trinajstić information content (AvgIpc) is 2.76. The first-order valence-electron chi connectivity index (χ1n) is 6.15. The van der Waals surface area contributed by atoms with Crippen LogP contribution in [0.2, 0.25) is 0 Å². The fourth-order valence-electron chi connectivity index (χ4n) is 2.00. The zero-order valence-corrected chi connectivity index (χ0v) is 10.7. The molecule has 0 saturated heterocycles. The minimum Gasteiger partial charge on any atom is -0.393 e. The summed E-state index contributed by atoms with van der Waals surface area (Å²) in [6.07, 6.45) is 2.40. The molecule has 0 aliphatic rings. The van der Waals surface area contributed by atoms with E-state index >= 15 is 0 Å². The van der Waals surface area contributed by atoms with Crippen molar-refractivity contribution in [2.75, 3.05) is 0 Å². The standard InChI is InChI=1S/C14H16F2N2O/c1-18-12(6-7-17-18)4-5-13(19)8-10-2-3-11(15)9-14(10)16/h2-3,6-7,9,13,19H,4-5,8H2,1H3. The predicted octanol–water partition coefficient (Wildman–Crippen LogP) is 2.23. The van der Waals surface area contributed by atoms with E-state index in [4.69, 9.17) is 0 Å². The fourth-order valence-corrected chi connectivity index (χ4v) is 2.00. The SMILES string of the molecule is Cn1nccc1CCC(O)Cc1ccc(F)cc1F. The Labute approximate surface area is 110 Å². The molecule has 19 heavy (non-hydrogen) atoms. The van der Waals surface area contributed by atoms with Crippen LogP contribution in [0.15, 0.2) is 30.5 Å². The molecule has 0 fully saturated rings. The molecule has 0 spiro atoms. The summed E-state index contributed by atoms with van der Waals surface area (Å²) in [6.45, 7) is 0. The first-order chi connectivity index (χ1) is 9.06. The molecule has 1 N–H and O–H groups in total. The van der Waals surface area contributed by atoms with E-state index in [0.29, 0.717) is 18.4 Å². The Balaban J connectivity index is 1.90. The molecule has 1 unspecified atom stereocenters. The lowest BCUT2D eigenvalue weighted by Gasteiger charge is -2.11. The van der Waals surface area contributed by atoms with E-state index in [-0.39, 0.29) is 6.42 Å². The Bertz CT molecular complexity index is 554. The smallest absolute Gasteiger partial charge is 0.129 e. The second kappa shape index (κ2) is 5.93. The van der Waals surface area contributed by atoms with Gasteiger partial charge in [-0.2, -0.15) is 5.10 Å². The maximum atomic E-state index is 13.4. The van der Waals surface area contributed by atoms with Crippen molar-refractivity contribution in [3.63, 3.8) is 0 Å². The van der Waals surface area contributed by atoms with Gasteiger partial charge >= 0.3 is 0 Å². The third kappa shape index (κ3) is 3.61. The van der Waals surface area contributed by atoms with Crippen LogP contribution < -0.4 is 0 Å². The molecule has 102 valence electrons. The highest BCUT2D eigenvalue weighted by Crippen LogP contribution is 2.14. The van der Waals surface area contributed by atoms with Gasteiger partial charge in [0, 0.05) is 31.4 Å². The van der Waals surface area contributed by atoms with Gasteiger partial charge in [0.1, 0.15) is 11.6 Å². The van der Waals surface area contributed by atoms with Crippen LogP contribution in [-0.2, 0) is 19.9 Å². The summed E-state index contributed by atoms with van der Waals surface area (Å²) in [5.74, 6) is -1.22. The van der Waals surface area contributed by atoms with Crippen molar-refractivity contribution in [1.82, 2.24) is 9.78 Å². The van der Waals surface area contributed by atoms with E-state index in [1.165, 1.54) is 12.1 Å². The molecular formula is C14H16F2N2O. The number of halogens is 2. The van der Waals surface area contributed by atoms with E-state index in [9.17, 15) is 13.9 Å². The lowest BCUT2D eigenvalue weighted by Crippen LogP contribution is -2.14. The van der Waals surface area contributed by atoms with E-state index in [1.807, 2.05) is 13.1 Å². The summed E-state index contributed by atoms with van der Waals surface area (Å²) < 4.78 is 27.9. The van der Waals surface area contributed by atoms with E-state index < -0.39 is 17.7 Å². The van der Waals surface area contributed by atoms with Crippen molar-refractivity contribution in [3.05, 3.63) is 53.4 Å². The molecule has 0 amide bonds. The third-order valence-electron chi connectivity index (χ3n) is 3.13. The number of hydrogen-bond donors (Lipinski definition) is 1. The van der Waals surface area contributed by atoms with E-state index in [2.05, 4.69) is 5.10 Å². The van der Waals surface area contributed by atoms with Gasteiger partial charge in [-0.05, 0) is 30.5 Å².